The van der Waals surface area contributed by atoms with Gasteiger partial charge in [-0.25, -0.2) is 4.39 Å². The van der Waals surface area contributed by atoms with E-state index in [1.807, 2.05) is 18.4 Å². The molecule has 0 spiro atoms. The first-order valence-corrected chi connectivity index (χ1v) is 9.92. The van der Waals surface area contributed by atoms with Gasteiger partial charge >= 0.3 is 0 Å². The van der Waals surface area contributed by atoms with E-state index in [1.165, 1.54) is 12.1 Å². The summed E-state index contributed by atoms with van der Waals surface area (Å²) in [5, 5.41) is 8.72. The SMILES string of the molecule is CC(C)Cn1c(CCC(N)=O)nnc1SCC(=O)NNC(=O)c1ccc(F)cc1. The number of aryl methyl sites for hydroxylation is 1. The van der Waals surface area contributed by atoms with Crippen LogP contribution in [-0.4, -0.2) is 38.2 Å². The lowest BCUT2D eigenvalue weighted by molar-refractivity contribution is -0.119. The van der Waals surface area contributed by atoms with Crippen molar-refractivity contribution in [2.75, 3.05) is 5.75 Å². The average molecular weight is 422 g/mol. The molecule has 2 rings (SSSR count). The van der Waals surface area contributed by atoms with Crippen LogP contribution in [-0.2, 0) is 22.6 Å². The first-order chi connectivity index (χ1) is 13.8. The highest BCUT2D eigenvalue weighted by Gasteiger charge is 2.16. The Kier molecular flexibility index (Phi) is 8.13. The number of amides is 3. The third-order valence-electron chi connectivity index (χ3n) is 3.69. The molecule has 0 unspecified atom stereocenters. The fourth-order valence-electron chi connectivity index (χ4n) is 2.36. The van der Waals surface area contributed by atoms with Crippen LogP contribution >= 0.6 is 11.8 Å². The molecular formula is C18H23FN6O3S. The Labute approximate surface area is 171 Å². The van der Waals surface area contributed by atoms with Gasteiger partial charge in [0, 0.05) is 24.9 Å². The standard InChI is InChI=1S/C18H23FN6O3S/c1-11(2)9-25-15(8-7-14(20)26)21-24-18(25)29-10-16(27)22-23-17(28)12-3-5-13(19)6-4-12/h3-6,11H,7-10H2,1-2H3,(H2,20,26)(H,22,27)(H,23,28). The van der Waals surface area contributed by atoms with Crippen LogP contribution in [0.2, 0.25) is 0 Å². The number of nitrogens with zero attached hydrogens (tertiary/aromatic N) is 3. The van der Waals surface area contributed by atoms with Gasteiger partial charge < -0.3 is 10.3 Å². The van der Waals surface area contributed by atoms with E-state index >= 15 is 0 Å². The van der Waals surface area contributed by atoms with Gasteiger partial charge in [-0.3, -0.25) is 25.2 Å². The van der Waals surface area contributed by atoms with Gasteiger partial charge in [-0.15, -0.1) is 10.2 Å². The zero-order valence-corrected chi connectivity index (χ0v) is 17.0. The number of thioether (sulfide) groups is 1. The molecular weight excluding hydrogens is 399 g/mol. The summed E-state index contributed by atoms with van der Waals surface area (Å²) in [6.45, 7) is 4.69. The van der Waals surface area contributed by atoms with Gasteiger partial charge in [0.2, 0.25) is 11.8 Å². The third-order valence-corrected chi connectivity index (χ3v) is 4.66. The van der Waals surface area contributed by atoms with E-state index in [-0.39, 0.29) is 17.7 Å². The van der Waals surface area contributed by atoms with Crippen LogP contribution in [0.4, 0.5) is 4.39 Å². The number of hydrogen-bond acceptors (Lipinski definition) is 6. The second kappa shape index (κ2) is 10.6. The summed E-state index contributed by atoms with van der Waals surface area (Å²) in [6.07, 6.45) is 0.534. The molecule has 9 nitrogen and oxygen atoms in total. The van der Waals surface area contributed by atoms with Crippen molar-refractivity contribution in [3.63, 3.8) is 0 Å². The molecule has 0 bridgehead atoms. The molecule has 0 aliphatic heterocycles. The molecule has 11 heteroatoms. The van der Waals surface area contributed by atoms with Crippen molar-refractivity contribution in [3.05, 3.63) is 41.5 Å². The number of primary amides is 1. The van der Waals surface area contributed by atoms with Crippen molar-refractivity contribution < 1.29 is 18.8 Å². The molecule has 29 heavy (non-hydrogen) atoms. The topological polar surface area (TPSA) is 132 Å². The fraction of sp³-hybridized carbons (Fsp3) is 0.389. The average Bonchev–Trinajstić information content (AvgIpc) is 3.04. The minimum atomic E-state index is -0.555. The number of carbonyl (C=O) groups is 3. The second-order valence-corrected chi connectivity index (χ2v) is 7.61. The number of rotatable bonds is 9. The molecule has 4 N–H and O–H groups in total. The molecule has 0 saturated carbocycles. The van der Waals surface area contributed by atoms with E-state index in [4.69, 9.17) is 5.73 Å². The molecule has 0 saturated heterocycles. The molecule has 0 fully saturated rings. The number of carbonyl (C=O) groups excluding carboxylic acids is 3. The van der Waals surface area contributed by atoms with E-state index in [1.54, 1.807) is 0 Å². The summed E-state index contributed by atoms with van der Waals surface area (Å²) in [5.41, 5.74) is 9.99. The van der Waals surface area contributed by atoms with Gasteiger partial charge in [-0.05, 0) is 30.2 Å². The Morgan fingerprint density at radius 1 is 1.17 bits per heavy atom. The summed E-state index contributed by atoms with van der Waals surface area (Å²) in [5.74, 6) is -0.942. The first-order valence-electron chi connectivity index (χ1n) is 8.94. The quantitative estimate of drug-likeness (QED) is 0.409. The Morgan fingerprint density at radius 2 is 1.86 bits per heavy atom. The van der Waals surface area contributed by atoms with E-state index in [0.717, 1.165) is 23.9 Å². The highest BCUT2D eigenvalue weighted by Crippen LogP contribution is 2.19. The highest BCUT2D eigenvalue weighted by atomic mass is 32.2. The lowest BCUT2D eigenvalue weighted by Crippen LogP contribution is -2.42. The van der Waals surface area contributed by atoms with Gasteiger partial charge in [0.25, 0.3) is 5.91 Å². The number of benzene rings is 1. The number of hydrogen-bond donors (Lipinski definition) is 3. The van der Waals surface area contributed by atoms with Crippen LogP contribution in [0.1, 0.15) is 36.5 Å². The predicted octanol–water partition coefficient (Wildman–Crippen LogP) is 1.04. The number of nitrogens with two attached hydrogens (primary N) is 1. The Balaban J connectivity index is 1.90. The number of nitrogens with one attached hydrogen (secondary N) is 2. The van der Waals surface area contributed by atoms with E-state index in [0.29, 0.717) is 29.9 Å². The highest BCUT2D eigenvalue weighted by molar-refractivity contribution is 7.99. The van der Waals surface area contributed by atoms with Crippen LogP contribution in [0.3, 0.4) is 0 Å². The van der Waals surface area contributed by atoms with Crippen LogP contribution in [0.5, 0.6) is 0 Å². The van der Waals surface area contributed by atoms with Crippen molar-refractivity contribution in [3.8, 4) is 0 Å². The molecule has 0 aliphatic rings. The molecule has 3 amide bonds. The van der Waals surface area contributed by atoms with Crippen molar-refractivity contribution in [1.82, 2.24) is 25.6 Å². The molecule has 0 atom stereocenters. The smallest absolute Gasteiger partial charge is 0.269 e. The van der Waals surface area contributed by atoms with E-state index < -0.39 is 23.5 Å². The maximum absolute atomic E-state index is 12.9. The minimum absolute atomic E-state index is 0.00422. The Hall–Kier alpha value is -2.95. The fourth-order valence-corrected chi connectivity index (χ4v) is 3.13. The number of hydrazine groups is 1. The van der Waals surface area contributed by atoms with Crippen LogP contribution < -0.4 is 16.6 Å². The predicted molar refractivity (Wildman–Crippen MR) is 105 cm³/mol. The second-order valence-electron chi connectivity index (χ2n) is 6.67. The van der Waals surface area contributed by atoms with Gasteiger partial charge in [0.05, 0.1) is 5.75 Å². The van der Waals surface area contributed by atoms with Gasteiger partial charge in [0.1, 0.15) is 11.6 Å². The zero-order chi connectivity index (χ0) is 21.4. The molecule has 1 aromatic carbocycles. The summed E-state index contributed by atoms with van der Waals surface area (Å²) in [6, 6.07) is 4.94. The van der Waals surface area contributed by atoms with Crippen LogP contribution in [0.15, 0.2) is 29.4 Å². The van der Waals surface area contributed by atoms with Crippen molar-refractivity contribution >= 4 is 29.5 Å². The largest absolute Gasteiger partial charge is 0.370 e. The Bertz CT molecular complexity index is 869. The summed E-state index contributed by atoms with van der Waals surface area (Å²) >= 11 is 1.16. The number of halogens is 1. The summed E-state index contributed by atoms with van der Waals surface area (Å²) in [4.78, 5) is 35.0. The maximum Gasteiger partial charge on any atom is 0.269 e. The van der Waals surface area contributed by atoms with Crippen molar-refractivity contribution in [2.45, 2.75) is 38.4 Å². The summed E-state index contributed by atoms with van der Waals surface area (Å²) < 4.78 is 14.8. The number of aromatic nitrogens is 3. The normalized spacial score (nSPS) is 10.8. The third kappa shape index (κ3) is 7.18. The lowest BCUT2D eigenvalue weighted by atomic mass is 10.2. The first kappa shape index (κ1) is 22.3. The van der Waals surface area contributed by atoms with Gasteiger partial charge in [-0.2, -0.15) is 0 Å². The van der Waals surface area contributed by atoms with Crippen molar-refractivity contribution in [1.29, 1.82) is 0 Å². The lowest BCUT2D eigenvalue weighted by Gasteiger charge is -2.12. The van der Waals surface area contributed by atoms with Gasteiger partial charge in [0.15, 0.2) is 5.16 Å². The molecule has 0 aliphatic carbocycles. The molecule has 156 valence electrons. The van der Waals surface area contributed by atoms with Crippen LogP contribution in [0, 0.1) is 11.7 Å². The maximum atomic E-state index is 12.9. The molecule has 2 aromatic rings. The summed E-state index contributed by atoms with van der Waals surface area (Å²) in [7, 11) is 0. The molecule has 1 heterocycles. The Morgan fingerprint density at radius 3 is 2.48 bits per heavy atom. The zero-order valence-electron chi connectivity index (χ0n) is 16.1. The molecule has 0 radical (unpaired) electrons. The van der Waals surface area contributed by atoms with Gasteiger partial charge in [-0.1, -0.05) is 25.6 Å². The van der Waals surface area contributed by atoms with Crippen LogP contribution in [0.25, 0.3) is 0 Å². The van der Waals surface area contributed by atoms with Crippen molar-refractivity contribution in [2.24, 2.45) is 11.7 Å². The van der Waals surface area contributed by atoms with E-state index in [2.05, 4.69) is 21.0 Å². The monoisotopic (exact) mass is 422 g/mol. The van der Waals surface area contributed by atoms with E-state index in [9.17, 15) is 18.8 Å². The minimum Gasteiger partial charge on any atom is -0.370 e. The molecule has 1 aromatic heterocycles.